The van der Waals surface area contributed by atoms with E-state index in [9.17, 15) is 0 Å². The molecule has 0 amide bonds. The topological polar surface area (TPSA) is 16.3 Å². The van der Waals surface area contributed by atoms with Crippen LogP contribution < -0.4 is 26.2 Å². The molecule has 0 bridgehead atoms. The van der Waals surface area contributed by atoms with Gasteiger partial charge in [0.2, 0.25) is 0 Å². The molecule has 0 atom stereocenters. The van der Waals surface area contributed by atoms with Crippen molar-refractivity contribution in [3.63, 3.8) is 0 Å². The standard InChI is InChI=1S/C78H55BN4/c1-78(2,3)56-46-73-77-74(47-56)81(58-38-32-53(33-39-58)51-20-8-5-9-21-51)72-49-60(83-68-29-17-15-27-64(68)76-62-25-13-11-23-55(62)35-45-70(76)83)41-43-66(72)79(77)65-42-40-59(48-71(65)80(73)57-36-30-52(31-37-57)50-18-6-4-7-19-50)82-67-28-16-14-26-63(67)75-61-24-12-10-22-54(61)34-44-69(75)82/h4-49H,1-3H3. The number of anilines is 6. The minimum atomic E-state index is -0.200. The van der Waals surface area contributed by atoms with E-state index in [2.05, 4.69) is 319 Å². The Balaban J connectivity index is 0.956. The summed E-state index contributed by atoms with van der Waals surface area (Å²) in [6.07, 6.45) is 0. The molecule has 5 heteroatoms. The normalized spacial score (nSPS) is 12.9. The first-order chi connectivity index (χ1) is 40.8. The number of hydrogen-bond donors (Lipinski definition) is 0. The number of hydrogen-bond acceptors (Lipinski definition) is 2. The smallest absolute Gasteiger partial charge is 0.252 e. The minimum Gasteiger partial charge on any atom is -0.311 e. The highest BCUT2D eigenvalue weighted by Crippen LogP contribution is 2.49. The summed E-state index contributed by atoms with van der Waals surface area (Å²) >= 11 is 0. The van der Waals surface area contributed by atoms with Crippen LogP contribution >= 0.6 is 0 Å². The van der Waals surface area contributed by atoms with E-state index < -0.39 is 0 Å². The van der Waals surface area contributed by atoms with Gasteiger partial charge in [-0.15, -0.1) is 0 Å². The number of fused-ring (bicyclic) bond motifs is 14. The first-order valence-corrected chi connectivity index (χ1v) is 29.0. The molecule has 0 saturated carbocycles. The van der Waals surface area contributed by atoms with Crippen molar-refractivity contribution in [2.45, 2.75) is 26.2 Å². The fourth-order valence-electron chi connectivity index (χ4n) is 14.1. The first-order valence-electron chi connectivity index (χ1n) is 29.0. The third kappa shape index (κ3) is 7.20. The molecule has 0 saturated heterocycles. The highest BCUT2D eigenvalue weighted by atomic mass is 15.2. The zero-order chi connectivity index (χ0) is 55.1. The van der Waals surface area contributed by atoms with Gasteiger partial charge in [-0.2, -0.15) is 0 Å². The lowest BCUT2D eigenvalue weighted by molar-refractivity contribution is 0.590. The zero-order valence-electron chi connectivity index (χ0n) is 46.4. The summed E-state index contributed by atoms with van der Waals surface area (Å²) in [7, 11) is 0. The van der Waals surface area contributed by atoms with E-state index in [0.717, 1.165) is 22.7 Å². The lowest BCUT2D eigenvalue weighted by atomic mass is 9.33. The molecule has 2 aromatic heterocycles. The quantitative estimate of drug-likeness (QED) is 0.154. The summed E-state index contributed by atoms with van der Waals surface area (Å²) in [5.74, 6) is 0. The van der Waals surface area contributed by atoms with Gasteiger partial charge in [0, 0.05) is 67.0 Å². The molecule has 15 aromatic rings. The van der Waals surface area contributed by atoms with Crippen LogP contribution in [0.25, 0.3) is 98.8 Å². The van der Waals surface area contributed by atoms with Crippen molar-refractivity contribution in [2.75, 3.05) is 9.80 Å². The van der Waals surface area contributed by atoms with Gasteiger partial charge in [0.05, 0.1) is 22.1 Å². The molecule has 2 aliphatic heterocycles. The van der Waals surface area contributed by atoms with Crippen LogP contribution in [0.15, 0.2) is 279 Å². The molecule has 4 nitrogen and oxygen atoms in total. The average molecular weight is 1060 g/mol. The van der Waals surface area contributed by atoms with E-state index in [0.29, 0.717) is 0 Å². The Bertz CT molecular complexity index is 4810. The number of nitrogens with zero attached hydrogens (tertiary/aromatic N) is 4. The molecular formula is C78H55BN4. The van der Waals surface area contributed by atoms with Crippen LogP contribution in [0.4, 0.5) is 34.1 Å². The maximum absolute atomic E-state index is 2.58. The Kier molecular flexibility index (Phi) is 10.3. The second kappa shape index (κ2) is 18.1. The maximum Gasteiger partial charge on any atom is 0.252 e. The summed E-state index contributed by atoms with van der Waals surface area (Å²) in [6, 6.07) is 104. The van der Waals surface area contributed by atoms with Gasteiger partial charge in [-0.25, -0.2) is 0 Å². The summed E-state index contributed by atoms with van der Waals surface area (Å²) in [6.45, 7) is 6.97. The van der Waals surface area contributed by atoms with Gasteiger partial charge in [-0.3, -0.25) is 0 Å². The van der Waals surface area contributed by atoms with Crippen molar-refractivity contribution in [1.29, 1.82) is 0 Å². The van der Waals surface area contributed by atoms with Crippen LogP contribution in [0.5, 0.6) is 0 Å². The Morgan fingerprint density at radius 1 is 0.289 bits per heavy atom. The highest BCUT2D eigenvalue weighted by Gasteiger charge is 2.44. The Labute approximate surface area is 483 Å². The van der Waals surface area contributed by atoms with Crippen LogP contribution in [-0.4, -0.2) is 15.8 Å². The molecule has 0 spiro atoms. The van der Waals surface area contributed by atoms with E-state index >= 15 is 0 Å². The van der Waals surface area contributed by atoms with Crippen molar-refractivity contribution >= 4 is 122 Å². The Hall–Kier alpha value is -10.4. The molecule has 4 heterocycles. The monoisotopic (exact) mass is 1060 g/mol. The first kappa shape index (κ1) is 47.5. The molecule has 0 radical (unpaired) electrons. The summed E-state index contributed by atoms with van der Waals surface area (Å²) in [5.41, 5.74) is 23.6. The van der Waals surface area contributed by atoms with E-state index in [4.69, 9.17) is 0 Å². The summed E-state index contributed by atoms with van der Waals surface area (Å²) < 4.78 is 4.99. The van der Waals surface area contributed by atoms with Crippen molar-refractivity contribution < 1.29 is 0 Å². The van der Waals surface area contributed by atoms with Crippen LogP contribution in [0.2, 0.25) is 0 Å². The second-order valence-electron chi connectivity index (χ2n) is 23.7. The van der Waals surface area contributed by atoms with E-state index in [-0.39, 0.29) is 12.1 Å². The molecule has 0 unspecified atom stereocenters. The van der Waals surface area contributed by atoms with Gasteiger partial charge >= 0.3 is 0 Å². The molecule has 2 aliphatic rings. The van der Waals surface area contributed by atoms with E-state index in [1.807, 2.05) is 0 Å². The second-order valence-corrected chi connectivity index (χ2v) is 23.7. The molecule has 0 fully saturated rings. The highest BCUT2D eigenvalue weighted by molar-refractivity contribution is 7.00. The molecule has 390 valence electrons. The van der Waals surface area contributed by atoms with Gasteiger partial charge < -0.3 is 18.9 Å². The molecular weight excluding hydrogens is 1000 g/mol. The number of para-hydroxylation sites is 2. The van der Waals surface area contributed by atoms with Crippen molar-refractivity contribution in [1.82, 2.24) is 9.13 Å². The third-order valence-corrected chi connectivity index (χ3v) is 18.0. The van der Waals surface area contributed by atoms with Gasteiger partial charge in [0.15, 0.2) is 0 Å². The van der Waals surface area contributed by atoms with Crippen LogP contribution in [-0.2, 0) is 5.41 Å². The minimum absolute atomic E-state index is 0.106. The number of rotatable bonds is 6. The third-order valence-electron chi connectivity index (χ3n) is 18.0. The largest absolute Gasteiger partial charge is 0.311 e. The van der Waals surface area contributed by atoms with Crippen molar-refractivity contribution in [3.05, 3.63) is 285 Å². The maximum atomic E-state index is 2.58. The zero-order valence-corrected chi connectivity index (χ0v) is 46.4. The van der Waals surface area contributed by atoms with Gasteiger partial charge in [0.25, 0.3) is 6.71 Å². The fraction of sp³-hybridized carbons (Fsp3) is 0.0513. The molecule has 83 heavy (non-hydrogen) atoms. The molecule has 0 N–H and O–H groups in total. The lowest BCUT2D eigenvalue weighted by Gasteiger charge is -2.45. The van der Waals surface area contributed by atoms with Crippen LogP contribution in [0.3, 0.4) is 0 Å². The van der Waals surface area contributed by atoms with Crippen molar-refractivity contribution in [3.8, 4) is 33.6 Å². The van der Waals surface area contributed by atoms with E-state index in [1.54, 1.807) is 0 Å². The van der Waals surface area contributed by atoms with Crippen molar-refractivity contribution in [2.24, 2.45) is 0 Å². The fourth-order valence-corrected chi connectivity index (χ4v) is 14.1. The average Bonchev–Trinajstić information content (AvgIpc) is 1.67. The summed E-state index contributed by atoms with van der Waals surface area (Å²) in [4.78, 5) is 5.17. The Morgan fingerprint density at radius 2 is 0.663 bits per heavy atom. The van der Waals surface area contributed by atoms with Crippen LogP contribution in [0, 0.1) is 0 Å². The number of aromatic nitrogens is 2. The molecule has 0 aliphatic carbocycles. The Morgan fingerprint density at radius 3 is 1.10 bits per heavy atom. The van der Waals surface area contributed by atoms with Gasteiger partial charge in [-0.05, 0) is 156 Å². The van der Waals surface area contributed by atoms with Gasteiger partial charge in [0.1, 0.15) is 0 Å². The SMILES string of the molecule is CC(C)(C)c1cc2c3c(c1)N(c1ccc(-c4ccccc4)cc1)c1cc(-n4c5ccccc5c5c6ccccc6ccc54)ccc1B3c1ccc(-n3c4ccccc4c4c5ccccc5ccc43)cc1N2c1ccc(-c2ccccc2)cc1. The summed E-state index contributed by atoms with van der Waals surface area (Å²) in [5, 5.41) is 10.1. The lowest BCUT2D eigenvalue weighted by Crippen LogP contribution is -2.61. The molecule has 13 aromatic carbocycles. The van der Waals surface area contributed by atoms with E-state index in [1.165, 1.54) is 132 Å². The van der Waals surface area contributed by atoms with Crippen LogP contribution in [0.1, 0.15) is 26.3 Å². The number of benzene rings is 13. The predicted octanol–water partition coefficient (Wildman–Crippen LogP) is 18.9. The predicted molar refractivity (Wildman–Crippen MR) is 354 cm³/mol. The molecule has 17 rings (SSSR count). The van der Waals surface area contributed by atoms with Gasteiger partial charge in [-0.1, -0.05) is 215 Å².